The Hall–Kier alpha value is -1.67. The van der Waals surface area contributed by atoms with Crippen LogP contribution >= 0.6 is 11.8 Å². The van der Waals surface area contributed by atoms with Crippen LogP contribution in [-0.4, -0.2) is 40.1 Å². The number of rotatable bonds is 1. The Morgan fingerprint density at radius 3 is 2.80 bits per heavy atom. The van der Waals surface area contributed by atoms with Gasteiger partial charge in [-0.2, -0.15) is 13.2 Å². The molecule has 0 bridgehead atoms. The van der Waals surface area contributed by atoms with Gasteiger partial charge in [0.05, 0.1) is 12.1 Å². The molecule has 2 aromatic rings. The quantitative estimate of drug-likeness (QED) is 0.770. The molecule has 4 rings (SSSR count). The Kier molecular flexibility index (Phi) is 3.63. The molecule has 25 heavy (non-hydrogen) atoms. The van der Waals surface area contributed by atoms with E-state index in [-0.39, 0.29) is 13.1 Å². The standard InChI is InChI=1S/C17H17F3N2O2S/c1-16(24-2)9-22-12-6-7-21(15(23)17(18,19)20)8-11(12)10-4-3-5-13(25-16)14(10)22/h3-5H,6-9H2,1-2H3. The Morgan fingerprint density at radius 1 is 1.36 bits per heavy atom. The van der Waals surface area contributed by atoms with Gasteiger partial charge >= 0.3 is 12.1 Å². The molecule has 0 fully saturated rings. The van der Waals surface area contributed by atoms with Gasteiger partial charge in [0.15, 0.2) is 0 Å². The third-order valence-electron chi connectivity index (χ3n) is 4.97. The lowest BCUT2D eigenvalue weighted by molar-refractivity contribution is -0.186. The van der Waals surface area contributed by atoms with Gasteiger partial charge in [0.25, 0.3) is 0 Å². The molecule has 1 amide bonds. The SMILES string of the molecule is COC1(C)Cn2c3c(c4cccc(c42)S1)CN(C(=O)C(F)(F)F)CC3. The predicted molar refractivity (Wildman–Crippen MR) is 88.4 cm³/mol. The largest absolute Gasteiger partial charge is 0.471 e. The minimum Gasteiger partial charge on any atom is -0.366 e. The van der Waals surface area contributed by atoms with E-state index in [0.29, 0.717) is 13.0 Å². The zero-order chi connectivity index (χ0) is 18.0. The van der Waals surface area contributed by atoms with Gasteiger partial charge in [-0.05, 0) is 13.0 Å². The van der Waals surface area contributed by atoms with Crippen molar-refractivity contribution in [3.05, 3.63) is 29.5 Å². The Morgan fingerprint density at radius 2 is 2.12 bits per heavy atom. The summed E-state index contributed by atoms with van der Waals surface area (Å²) in [5.74, 6) is -1.76. The van der Waals surface area contributed by atoms with E-state index >= 15 is 0 Å². The van der Waals surface area contributed by atoms with Crippen LogP contribution in [0.2, 0.25) is 0 Å². The smallest absolute Gasteiger partial charge is 0.366 e. The van der Waals surface area contributed by atoms with Crippen LogP contribution in [0, 0.1) is 0 Å². The number of carbonyl (C=O) groups excluding carboxylic acids is 1. The first kappa shape index (κ1) is 16.8. The number of benzene rings is 1. The lowest BCUT2D eigenvalue weighted by Crippen LogP contribution is -2.44. The van der Waals surface area contributed by atoms with Crippen molar-refractivity contribution in [2.24, 2.45) is 0 Å². The van der Waals surface area contributed by atoms with E-state index in [2.05, 4.69) is 4.57 Å². The molecular weight excluding hydrogens is 353 g/mol. The summed E-state index contributed by atoms with van der Waals surface area (Å²) >= 11 is 1.62. The molecule has 0 saturated heterocycles. The van der Waals surface area contributed by atoms with Gasteiger partial charge in [-0.15, -0.1) is 0 Å². The molecule has 8 heteroatoms. The van der Waals surface area contributed by atoms with Crippen molar-refractivity contribution in [2.45, 2.75) is 42.4 Å². The van der Waals surface area contributed by atoms with E-state index < -0.39 is 17.0 Å². The van der Waals surface area contributed by atoms with Crippen molar-refractivity contribution >= 4 is 28.6 Å². The number of para-hydroxylation sites is 1. The van der Waals surface area contributed by atoms with Crippen LogP contribution in [-0.2, 0) is 29.0 Å². The molecule has 4 nitrogen and oxygen atoms in total. The Balaban J connectivity index is 1.82. The highest BCUT2D eigenvalue weighted by Crippen LogP contribution is 2.46. The fourth-order valence-electron chi connectivity index (χ4n) is 3.74. The highest BCUT2D eigenvalue weighted by molar-refractivity contribution is 8.00. The second-order valence-corrected chi connectivity index (χ2v) is 8.09. The van der Waals surface area contributed by atoms with Gasteiger partial charge in [0.2, 0.25) is 0 Å². The predicted octanol–water partition coefficient (Wildman–Crippen LogP) is 3.56. The molecule has 0 radical (unpaired) electrons. The summed E-state index contributed by atoms with van der Waals surface area (Å²) in [6.45, 7) is 2.71. The zero-order valence-corrected chi connectivity index (χ0v) is 14.6. The van der Waals surface area contributed by atoms with E-state index in [4.69, 9.17) is 4.74 Å². The minimum atomic E-state index is -4.83. The molecular formula is C17H17F3N2O2S. The van der Waals surface area contributed by atoms with Crippen molar-refractivity contribution in [3.63, 3.8) is 0 Å². The number of alkyl halides is 3. The first-order chi connectivity index (χ1) is 11.7. The molecule has 0 spiro atoms. The summed E-state index contributed by atoms with van der Waals surface area (Å²) < 4.78 is 46.2. The highest BCUT2D eigenvalue weighted by atomic mass is 32.2. The van der Waals surface area contributed by atoms with E-state index in [1.54, 1.807) is 18.9 Å². The van der Waals surface area contributed by atoms with E-state index in [1.165, 1.54) is 0 Å². The monoisotopic (exact) mass is 370 g/mol. The normalized spacial score (nSPS) is 23.0. The number of fused-ring (bicyclic) bond motifs is 3. The number of carbonyl (C=O) groups is 1. The average molecular weight is 370 g/mol. The number of aromatic nitrogens is 1. The summed E-state index contributed by atoms with van der Waals surface area (Å²) in [7, 11) is 1.66. The molecule has 1 aromatic heterocycles. The summed E-state index contributed by atoms with van der Waals surface area (Å²) in [6, 6.07) is 5.83. The highest BCUT2D eigenvalue weighted by Gasteiger charge is 2.44. The maximum Gasteiger partial charge on any atom is 0.471 e. The van der Waals surface area contributed by atoms with Gasteiger partial charge in [0, 0.05) is 48.2 Å². The van der Waals surface area contributed by atoms with Crippen LogP contribution in [0.3, 0.4) is 0 Å². The topological polar surface area (TPSA) is 34.5 Å². The maximum atomic E-state index is 12.8. The van der Waals surface area contributed by atoms with Crippen LogP contribution in [0.5, 0.6) is 0 Å². The van der Waals surface area contributed by atoms with Crippen molar-refractivity contribution in [3.8, 4) is 0 Å². The van der Waals surface area contributed by atoms with Crippen molar-refractivity contribution in [1.29, 1.82) is 0 Å². The Bertz CT molecular complexity index is 877. The summed E-state index contributed by atoms with van der Waals surface area (Å²) in [4.78, 5) is 13.2. The number of halogens is 3. The average Bonchev–Trinajstić information content (AvgIpc) is 2.88. The first-order valence-electron chi connectivity index (χ1n) is 7.97. The summed E-state index contributed by atoms with van der Waals surface area (Å²) in [6.07, 6.45) is -4.42. The zero-order valence-electron chi connectivity index (χ0n) is 13.8. The van der Waals surface area contributed by atoms with Gasteiger partial charge in [-0.25, -0.2) is 0 Å². The first-order valence-corrected chi connectivity index (χ1v) is 8.78. The number of amides is 1. The molecule has 134 valence electrons. The molecule has 1 unspecified atom stereocenters. The number of nitrogens with zero attached hydrogens (tertiary/aromatic N) is 2. The van der Waals surface area contributed by atoms with E-state index in [1.807, 2.05) is 25.1 Å². The van der Waals surface area contributed by atoms with Crippen molar-refractivity contribution < 1.29 is 22.7 Å². The van der Waals surface area contributed by atoms with Gasteiger partial charge in [-0.1, -0.05) is 23.9 Å². The number of hydrogen-bond acceptors (Lipinski definition) is 3. The fraction of sp³-hybridized carbons (Fsp3) is 0.471. The Labute approximate surface area is 146 Å². The number of thioether (sulfide) groups is 1. The molecule has 3 heterocycles. The van der Waals surface area contributed by atoms with Crippen LogP contribution in [0.25, 0.3) is 10.9 Å². The van der Waals surface area contributed by atoms with Crippen LogP contribution in [0.4, 0.5) is 13.2 Å². The lowest BCUT2D eigenvalue weighted by Gasteiger charge is -2.34. The third kappa shape index (κ3) is 2.54. The molecule has 2 aliphatic heterocycles. The second kappa shape index (κ2) is 5.41. The summed E-state index contributed by atoms with van der Waals surface area (Å²) in [5.41, 5.74) is 2.87. The van der Waals surface area contributed by atoms with Crippen LogP contribution < -0.4 is 0 Å². The third-order valence-corrected chi connectivity index (χ3v) is 6.25. The second-order valence-electron chi connectivity index (χ2n) is 6.58. The van der Waals surface area contributed by atoms with Gasteiger partial charge in [-0.3, -0.25) is 4.79 Å². The van der Waals surface area contributed by atoms with Crippen molar-refractivity contribution in [1.82, 2.24) is 9.47 Å². The van der Waals surface area contributed by atoms with Crippen molar-refractivity contribution in [2.75, 3.05) is 13.7 Å². The van der Waals surface area contributed by atoms with E-state index in [9.17, 15) is 18.0 Å². The molecule has 0 aliphatic carbocycles. The van der Waals surface area contributed by atoms with Gasteiger partial charge < -0.3 is 14.2 Å². The number of hydrogen-bond donors (Lipinski definition) is 0. The minimum absolute atomic E-state index is 0.00497. The summed E-state index contributed by atoms with van der Waals surface area (Å²) in [5, 5.41) is 0.929. The molecule has 1 aromatic carbocycles. The lowest BCUT2D eigenvalue weighted by atomic mass is 10.0. The fourth-order valence-corrected chi connectivity index (χ4v) is 4.94. The molecule has 0 saturated carbocycles. The van der Waals surface area contributed by atoms with E-state index in [0.717, 1.165) is 32.0 Å². The maximum absolute atomic E-state index is 12.8. The van der Waals surface area contributed by atoms with Crippen LogP contribution in [0.1, 0.15) is 18.2 Å². The molecule has 2 aliphatic rings. The number of ether oxygens (including phenoxy) is 1. The molecule has 1 atom stereocenters. The molecule has 0 N–H and O–H groups in total. The number of methoxy groups -OCH3 is 1. The van der Waals surface area contributed by atoms with Crippen LogP contribution in [0.15, 0.2) is 23.1 Å². The van der Waals surface area contributed by atoms with Gasteiger partial charge in [0.1, 0.15) is 4.93 Å².